The van der Waals surface area contributed by atoms with Crippen LogP contribution in [0.3, 0.4) is 0 Å². The summed E-state index contributed by atoms with van der Waals surface area (Å²) >= 11 is 0. The smallest absolute Gasteiger partial charge is 0.119 e. The van der Waals surface area contributed by atoms with E-state index in [1.54, 1.807) is 7.11 Å². The van der Waals surface area contributed by atoms with Gasteiger partial charge in [-0.3, -0.25) is 0 Å². The summed E-state index contributed by atoms with van der Waals surface area (Å²) in [5.41, 5.74) is 3.54. The Kier molecular flexibility index (Phi) is 5.43. The molecule has 24 heavy (non-hydrogen) atoms. The minimum absolute atomic E-state index is 0.148. The van der Waals surface area contributed by atoms with Crippen LogP contribution in [-0.2, 0) is 0 Å². The number of rotatable bonds is 6. The predicted molar refractivity (Wildman–Crippen MR) is 99.4 cm³/mol. The van der Waals surface area contributed by atoms with Gasteiger partial charge in [-0.2, -0.15) is 0 Å². The van der Waals surface area contributed by atoms with Gasteiger partial charge < -0.3 is 25.0 Å². The van der Waals surface area contributed by atoms with Crippen molar-refractivity contribution in [2.24, 2.45) is 0 Å². The summed E-state index contributed by atoms with van der Waals surface area (Å²) in [5.74, 6) is 0.896. The molecule has 0 saturated carbocycles. The fourth-order valence-electron chi connectivity index (χ4n) is 3.01. The van der Waals surface area contributed by atoms with Crippen molar-refractivity contribution in [1.29, 1.82) is 0 Å². The molecule has 2 aromatic carbocycles. The van der Waals surface area contributed by atoms with E-state index >= 15 is 0 Å². The minimum Gasteiger partial charge on any atom is -0.497 e. The van der Waals surface area contributed by atoms with Gasteiger partial charge in [0, 0.05) is 49.8 Å². The van der Waals surface area contributed by atoms with Crippen LogP contribution < -0.4 is 19.9 Å². The summed E-state index contributed by atoms with van der Waals surface area (Å²) in [4.78, 5) is 4.82. The molecule has 1 heterocycles. The lowest BCUT2D eigenvalue weighted by Gasteiger charge is -2.37. The maximum atomic E-state index is 8.85. The van der Waals surface area contributed by atoms with E-state index in [1.807, 2.05) is 12.1 Å². The van der Waals surface area contributed by atoms with E-state index in [0.717, 1.165) is 37.6 Å². The molecular formula is C19H25N3O2. The lowest BCUT2D eigenvalue weighted by molar-refractivity contribution is 0.311. The third-order valence-corrected chi connectivity index (χ3v) is 4.39. The number of aliphatic hydroxyl groups is 1. The van der Waals surface area contributed by atoms with Crippen LogP contribution in [0.5, 0.6) is 5.75 Å². The number of hydrogen-bond acceptors (Lipinski definition) is 5. The quantitative estimate of drug-likeness (QED) is 0.853. The Morgan fingerprint density at radius 1 is 0.875 bits per heavy atom. The number of aliphatic hydroxyl groups excluding tert-OH is 1. The van der Waals surface area contributed by atoms with Crippen molar-refractivity contribution in [2.75, 3.05) is 61.6 Å². The number of hydrogen-bond donors (Lipinski definition) is 2. The van der Waals surface area contributed by atoms with Gasteiger partial charge in [-0.25, -0.2) is 0 Å². The van der Waals surface area contributed by atoms with Gasteiger partial charge in [0.2, 0.25) is 0 Å². The van der Waals surface area contributed by atoms with Gasteiger partial charge in [0.05, 0.1) is 13.7 Å². The molecule has 5 heteroatoms. The first-order valence-corrected chi connectivity index (χ1v) is 8.39. The number of piperazine rings is 1. The molecule has 1 fully saturated rings. The zero-order valence-electron chi connectivity index (χ0n) is 14.1. The fraction of sp³-hybridized carbons (Fsp3) is 0.368. The van der Waals surface area contributed by atoms with Crippen LogP contribution in [0.25, 0.3) is 0 Å². The highest BCUT2D eigenvalue weighted by molar-refractivity contribution is 5.57. The van der Waals surface area contributed by atoms with E-state index < -0.39 is 0 Å². The minimum atomic E-state index is 0.148. The van der Waals surface area contributed by atoms with E-state index in [-0.39, 0.29) is 6.61 Å². The average Bonchev–Trinajstić information content (AvgIpc) is 2.67. The fourth-order valence-corrected chi connectivity index (χ4v) is 3.01. The number of anilines is 3. The number of benzene rings is 2. The molecule has 5 nitrogen and oxygen atoms in total. The Bertz CT molecular complexity index is 620. The van der Waals surface area contributed by atoms with E-state index in [0.29, 0.717) is 6.54 Å². The number of methoxy groups -OCH3 is 1. The summed E-state index contributed by atoms with van der Waals surface area (Å²) in [7, 11) is 1.69. The molecular weight excluding hydrogens is 302 g/mol. The SMILES string of the molecule is COc1ccc(N2CCN(c3ccc(NCCO)cc3)CC2)cc1. The van der Waals surface area contributed by atoms with Crippen molar-refractivity contribution in [3.05, 3.63) is 48.5 Å². The molecule has 1 aliphatic rings. The number of ether oxygens (including phenoxy) is 1. The summed E-state index contributed by atoms with van der Waals surface area (Å²) < 4.78 is 5.22. The molecule has 0 bridgehead atoms. The van der Waals surface area contributed by atoms with Crippen LogP contribution in [-0.4, -0.2) is 51.5 Å². The zero-order chi connectivity index (χ0) is 16.8. The third-order valence-electron chi connectivity index (χ3n) is 4.39. The van der Waals surface area contributed by atoms with Crippen molar-refractivity contribution in [1.82, 2.24) is 0 Å². The lowest BCUT2D eigenvalue weighted by Crippen LogP contribution is -2.46. The van der Waals surface area contributed by atoms with E-state index in [9.17, 15) is 0 Å². The van der Waals surface area contributed by atoms with Crippen molar-refractivity contribution in [2.45, 2.75) is 0 Å². The second-order valence-electron chi connectivity index (χ2n) is 5.87. The van der Waals surface area contributed by atoms with Gasteiger partial charge in [0.15, 0.2) is 0 Å². The van der Waals surface area contributed by atoms with E-state index in [4.69, 9.17) is 9.84 Å². The maximum absolute atomic E-state index is 8.85. The molecule has 0 aromatic heterocycles. The molecule has 2 N–H and O–H groups in total. The van der Waals surface area contributed by atoms with Crippen LogP contribution in [0.4, 0.5) is 17.1 Å². The molecule has 0 atom stereocenters. The average molecular weight is 327 g/mol. The van der Waals surface area contributed by atoms with E-state index in [2.05, 4.69) is 51.5 Å². The summed E-state index contributed by atoms with van der Waals surface area (Å²) in [6.07, 6.45) is 0. The molecule has 2 aromatic rings. The van der Waals surface area contributed by atoms with Crippen molar-refractivity contribution >= 4 is 17.1 Å². The molecule has 0 unspecified atom stereocenters. The zero-order valence-corrected chi connectivity index (χ0v) is 14.1. The molecule has 1 saturated heterocycles. The van der Waals surface area contributed by atoms with Gasteiger partial charge in [0.1, 0.15) is 5.75 Å². The van der Waals surface area contributed by atoms with Crippen LogP contribution in [0.2, 0.25) is 0 Å². The van der Waals surface area contributed by atoms with Gasteiger partial charge in [-0.05, 0) is 48.5 Å². The van der Waals surface area contributed by atoms with Crippen LogP contribution in [0, 0.1) is 0 Å². The molecule has 0 aliphatic carbocycles. The standard InChI is InChI=1S/C19H25N3O2/c1-24-19-8-6-18(7-9-19)22-13-11-21(12-14-22)17-4-2-16(3-5-17)20-10-15-23/h2-9,20,23H,10-15H2,1H3. The predicted octanol–water partition coefficient (Wildman–Crippen LogP) is 2.43. The van der Waals surface area contributed by atoms with Crippen LogP contribution >= 0.6 is 0 Å². The van der Waals surface area contributed by atoms with Crippen LogP contribution in [0.15, 0.2) is 48.5 Å². The summed E-state index contributed by atoms with van der Waals surface area (Å²) in [6, 6.07) is 16.7. The Labute approximate surface area is 143 Å². The highest BCUT2D eigenvalue weighted by atomic mass is 16.5. The highest BCUT2D eigenvalue weighted by Crippen LogP contribution is 2.23. The molecule has 3 rings (SSSR count). The second-order valence-corrected chi connectivity index (χ2v) is 5.87. The Balaban J connectivity index is 1.56. The molecule has 0 amide bonds. The Morgan fingerprint density at radius 3 is 1.83 bits per heavy atom. The molecule has 128 valence electrons. The summed E-state index contributed by atoms with van der Waals surface area (Å²) in [5, 5.41) is 12.0. The van der Waals surface area contributed by atoms with Crippen molar-refractivity contribution in [3.8, 4) is 5.75 Å². The largest absolute Gasteiger partial charge is 0.497 e. The first-order valence-electron chi connectivity index (χ1n) is 8.39. The van der Waals surface area contributed by atoms with Crippen LogP contribution in [0.1, 0.15) is 0 Å². The third kappa shape index (κ3) is 3.92. The van der Waals surface area contributed by atoms with E-state index in [1.165, 1.54) is 11.4 Å². The molecule has 1 aliphatic heterocycles. The Hall–Kier alpha value is -2.40. The topological polar surface area (TPSA) is 48.0 Å². The number of nitrogens with one attached hydrogen (secondary N) is 1. The lowest BCUT2D eigenvalue weighted by atomic mass is 10.2. The maximum Gasteiger partial charge on any atom is 0.119 e. The monoisotopic (exact) mass is 327 g/mol. The molecule has 0 radical (unpaired) electrons. The second kappa shape index (κ2) is 7.93. The normalized spacial score (nSPS) is 14.6. The molecule has 0 spiro atoms. The van der Waals surface area contributed by atoms with Gasteiger partial charge >= 0.3 is 0 Å². The van der Waals surface area contributed by atoms with Crippen molar-refractivity contribution < 1.29 is 9.84 Å². The van der Waals surface area contributed by atoms with Gasteiger partial charge in [-0.15, -0.1) is 0 Å². The van der Waals surface area contributed by atoms with Gasteiger partial charge in [-0.1, -0.05) is 0 Å². The van der Waals surface area contributed by atoms with Gasteiger partial charge in [0.25, 0.3) is 0 Å². The first kappa shape index (κ1) is 16.5. The highest BCUT2D eigenvalue weighted by Gasteiger charge is 2.17. The summed E-state index contributed by atoms with van der Waals surface area (Å²) in [6.45, 7) is 4.77. The number of nitrogens with zero attached hydrogens (tertiary/aromatic N) is 2. The Morgan fingerprint density at radius 2 is 1.38 bits per heavy atom. The van der Waals surface area contributed by atoms with Crippen molar-refractivity contribution in [3.63, 3.8) is 0 Å². The first-order chi connectivity index (χ1) is 11.8.